The molecule has 1 atom stereocenters. The minimum Gasteiger partial charge on any atom is -0.343 e. The molecule has 2 fully saturated rings. The monoisotopic (exact) mass is 686 g/mol. The molecule has 1 unspecified atom stereocenters. The van der Waals surface area contributed by atoms with Crippen LogP contribution in [-0.2, 0) is 9.59 Å². The van der Waals surface area contributed by atoms with Crippen LogP contribution in [-0.4, -0.2) is 86.5 Å². The highest BCUT2D eigenvalue weighted by molar-refractivity contribution is 6.24. The number of hydrogen-bond donors (Lipinski definition) is 3. The van der Waals surface area contributed by atoms with E-state index in [1.807, 2.05) is 10.6 Å². The maximum atomic E-state index is 13.3. The number of amides is 6. The summed E-state index contributed by atoms with van der Waals surface area (Å²) in [6.45, 7) is -0.0334. The van der Waals surface area contributed by atoms with E-state index in [9.17, 15) is 28.8 Å². The molecule has 0 spiro atoms. The fourth-order valence-corrected chi connectivity index (χ4v) is 6.81. The van der Waals surface area contributed by atoms with Crippen molar-refractivity contribution in [3.63, 3.8) is 0 Å². The Hall–Kier alpha value is -6.36. The highest BCUT2D eigenvalue weighted by atomic mass is 16.2. The summed E-state index contributed by atoms with van der Waals surface area (Å²) in [7, 11) is 3.47. The number of benzene rings is 2. The average molecular weight is 687 g/mol. The van der Waals surface area contributed by atoms with E-state index in [4.69, 9.17) is 4.98 Å². The Morgan fingerprint density at radius 2 is 1.76 bits per heavy atom. The molecule has 2 aromatic heterocycles. The Morgan fingerprint density at radius 3 is 2.49 bits per heavy atom. The summed E-state index contributed by atoms with van der Waals surface area (Å²) in [5.74, 6) is 3.21. The lowest BCUT2D eigenvalue weighted by atomic mass is 10.0. The zero-order chi connectivity index (χ0) is 35.8. The Kier molecular flexibility index (Phi) is 8.78. The third-order valence-corrected chi connectivity index (χ3v) is 9.32. The summed E-state index contributed by atoms with van der Waals surface area (Å²) >= 11 is 0. The molecule has 6 amide bonds. The van der Waals surface area contributed by atoms with Gasteiger partial charge in [-0.1, -0.05) is 30.7 Å². The molecule has 4 aromatic rings. The molecule has 0 radical (unpaired) electrons. The van der Waals surface area contributed by atoms with Crippen LogP contribution in [0.25, 0.3) is 11.0 Å². The number of imide groups is 2. The molecule has 1 aliphatic carbocycles. The first-order chi connectivity index (χ1) is 24.6. The molecular weight excluding hydrogens is 652 g/mol. The van der Waals surface area contributed by atoms with E-state index in [0.717, 1.165) is 36.0 Å². The molecule has 3 aliphatic rings. The van der Waals surface area contributed by atoms with Crippen LogP contribution in [0.1, 0.15) is 91.7 Å². The van der Waals surface area contributed by atoms with Crippen molar-refractivity contribution in [1.82, 2.24) is 35.0 Å². The van der Waals surface area contributed by atoms with Crippen molar-refractivity contribution in [1.29, 1.82) is 0 Å². The molecule has 51 heavy (non-hydrogen) atoms. The van der Waals surface area contributed by atoms with Crippen LogP contribution >= 0.6 is 0 Å². The van der Waals surface area contributed by atoms with Gasteiger partial charge in [-0.15, -0.1) is 0 Å². The van der Waals surface area contributed by atoms with E-state index >= 15 is 0 Å². The van der Waals surface area contributed by atoms with Crippen LogP contribution in [0, 0.1) is 11.8 Å². The van der Waals surface area contributed by atoms with Crippen molar-refractivity contribution in [3.8, 4) is 11.8 Å². The van der Waals surface area contributed by atoms with Crippen molar-refractivity contribution in [2.24, 2.45) is 0 Å². The second kappa shape index (κ2) is 13.5. The third-order valence-electron chi connectivity index (χ3n) is 9.32. The Bertz CT molecular complexity index is 2190. The number of carbonyl (C=O) groups excluding carboxylic acids is 6. The minimum atomic E-state index is -1.07. The minimum absolute atomic E-state index is 0.0256. The summed E-state index contributed by atoms with van der Waals surface area (Å²) in [6, 6.07) is 12.4. The van der Waals surface area contributed by atoms with Gasteiger partial charge in [-0.2, -0.15) is 4.98 Å². The number of anilines is 2. The van der Waals surface area contributed by atoms with E-state index in [-0.39, 0.29) is 48.4 Å². The fraction of sp³-hybridized carbons (Fsp3) is 0.297. The number of piperidine rings is 1. The third kappa shape index (κ3) is 6.29. The number of rotatable bonds is 7. The van der Waals surface area contributed by atoms with Gasteiger partial charge in [0.2, 0.25) is 17.8 Å². The molecule has 0 bridgehead atoms. The van der Waals surface area contributed by atoms with E-state index < -0.39 is 29.7 Å². The lowest BCUT2D eigenvalue weighted by molar-refractivity contribution is -0.136. The smallest absolute Gasteiger partial charge is 0.270 e. The maximum absolute atomic E-state index is 13.3. The lowest BCUT2D eigenvalue weighted by Crippen LogP contribution is -2.54. The Labute approximate surface area is 292 Å². The van der Waals surface area contributed by atoms with Gasteiger partial charge in [-0.3, -0.25) is 39.0 Å². The van der Waals surface area contributed by atoms with Crippen molar-refractivity contribution in [2.45, 2.75) is 50.6 Å². The van der Waals surface area contributed by atoms with Crippen molar-refractivity contribution in [3.05, 3.63) is 82.7 Å². The van der Waals surface area contributed by atoms with Gasteiger partial charge < -0.3 is 20.1 Å². The van der Waals surface area contributed by atoms with E-state index in [0.29, 0.717) is 34.1 Å². The lowest BCUT2D eigenvalue weighted by Gasteiger charge is -2.27. The number of aromatic nitrogens is 3. The Balaban J connectivity index is 1.00. The van der Waals surface area contributed by atoms with Gasteiger partial charge in [0.05, 0.1) is 17.7 Å². The largest absolute Gasteiger partial charge is 0.343 e. The molecule has 7 rings (SSSR count). The summed E-state index contributed by atoms with van der Waals surface area (Å²) in [6.07, 6.45) is 5.97. The summed E-state index contributed by atoms with van der Waals surface area (Å²) in [5.41, 5.74) is 2.87. The summed E-state index contributed by atoms with van der Waals surface area (Å²) in [5, 5.41) is 8.89. The number of nitrogens with zero attached hydrogens (tertiary/aromatic N) is 5. The topological polar surface area (TPSA) is 176 Å². The molecule has 1 saturated carbocycles. The van der Waals surface area contributed by atoms with Gasteiger partial charge in [-0.25, -0.2) is 4.98 Å². The van der Waals surface area contributed by atoms with E-state index in [1.54, 1.807) is 61.6 Å². The molecule has 14 heteroatoms. The standard InChI is InChI=1S/C37H34N8O6/c1-43(2)35(50)28-19-23-20-39-37(42-31(23)44(28)25-9-3-4-10-25)40-24-14-12-22(13-15-24)32(47)38-18-6-8-21-7-5-11-26-30(21)36(51)45(34(26)49)27-16-17-29(46)41-33(27)48/h5,7,11-15,19-20,25,27H,3-4,9-10,16-18H2,1-2H3,(H,38,47)(H,39,40,42)(H,41,46,48). The first kappa shape index (κ1) is 33.2. The van der Waals surface area contributed by atoms with E-state index in [2.05, 4.69) is 32.8 Å². The number of nitrogens with one attached hydrogen (secondary N) is 3. The fourth-order valence-electron chi connectivity index (χ4n) is 6.81. The van der Waals surface area contributed by atoms with Crippen LogP contribution in [0.2, 0.25) is 0 Å². The second-order valence-electron chi connectivity index (χ2n) is 12.9. The first-order valence-corrected chi connectivity index (χ1v) is 16.7. The van der Waals surface area contributed by atoms with Gasteiger partial charge in [-0.05, 0) is 61.7 Å². The predicted molar refractivity (Wildman–Crippen MR) is 185 cm³/mol. The van der Waals surface area contributed by atoms with Crippen LogP contribution in [0.15, 0.2) is 54.7 Å². The zero-order valence-electron chi connectivity index (χ0n) is 28.0. The molecular formula is C37H34N8O6. The molecule has 258 valence electrons. The van der Waals surface area contributed by atoms with Crippen molar-refractivity contribution in [2.75, 3.05) is 26.0 Å². The summed E-state index contributed by atoms with van der Waals surface area (Å²) < 4.78 is 2.05. The molecule has 3 N–H and O–H groups in total. The van der Waals surface area contributed by atoms with Gasteiger partial charge in [0.1, 0.15) is 17.4 Å². The van der Waals surface area contributed by atoms with Gasteiger partial charge in [0, 0.05) is 55.0 Å². The van der Waals surface area contributed by atoms with Gasteiger partial charge in [0.15, 0.2) is 0 Å². The van der Waals surface area contributed by atoms with Crippen LogP contribution in [0.5, 0.6) is 0 Å². The quantitative estimate of drug-likeness (QED) is 0.195. The van der Waals surface area contributed by atoms with Gasteiger partial charge in [0.25, 0.3) is 23.6 Å². The van der Waals surface area contributed by atoms with Crippen LogP contribution < -0.4 is 16.0 Å². The average Bonchev–Trinajstić information content (AvgIpc) is 3.84. The maximum Gasteiger partial charge on any atom is 0.270 e. The molecule has 1 saturated heterocycles. The predicted octanol–water partition coefficient (Wildman–Crippen LogP) is 3.17. The van der Waals surface area contributed by atoms with Crippen molar-refractivity contribution >= 4 is 58.1 Å². The van der Waals surface area contributed by atoms with Gasteiger partial charge >= 0.3 is 0 Å². The Morgan fingerprint density at radius 1 is 1.00 bits per heavy atom. The van der Waals surface area contributed by atoms with Crippen LogP contribution in [0.3, 0.4) is 0 Å². The number of hydrogen-bond acceptors (Lipinski definition) is 9. The highest BCUT2D eigenvalue weighted by Gasteiger charge is 2.45. The zero-order valence-corrected chi connectivity index (χ0v) is 28.0. The van der Waals surface area contributed by atoms with Crippen molar-refractivity contribution < 1.29 is 28.8 Å². The SMILES string of the molecule is CN(C)C(=O)c1cc2cnc(Nc3ccc(C(=O)NCC#Cc4cccc5c4C(=O)N(C4CCC(=O)NC4=O)C5=O)cc3)nc2n1C1CCCC1. The van der Waals surface area contributed by atoms with Crippen LogP contribution in [0.4, 0.5) is 11.6 Å². The summed E-state index contributed by atoms with van der Waals surface area (Å²) in [4.78, 5) is 87.8. The molecule has 2 aliphatic heterocycles. The molecule has 4 heterocycles. The second-order valence-corrected chi connectivity index (χ2v) is 12.9. The normalized spacial score (nSPS) is 17.2. The number of carbonyl (C=O) groups is 6. The number of fused-ring (bicyclic) bond motifs is 2. The molecule has 2 aromatic carbocycles. The van der Waals surface area contributed by atoms with E-state index in [1.165, 1.54) is 6.07 Å². The highest BCUT2D eigenvalue weighted by Crippen LogP contribution is 2.35. The first-order valence-electron chi connectivity index (χ1n) is 16.7. The molecule has 14 nitrogen and oxygen atoms in total.